The van der Waals surface area contributed by atoms with Gasteiger partial charge in [0.05, 0.1) is 0 Å². The van der Waals surface area contributed by atoms with Crippen LogP contribution in [0, 0.1) is 5.92 Å². The van der Waals surface area contributed by atoms with E-state index in [1.165, 1.54) is 50.5 Å². The lowest BCUT2D eigenvalue weighted by molar-refractivity contribution is 0.430. The van der Waals surface area contributed by atoms with E-state index < -0.39 is 0 Å². The van der Waals surface area contributed by atoms with Crippen LogP contribution in [0.15, 0.2) is 30.4 Å². The molecule has 0 fully saturated rings. The standard InChI is InChI=1S/C21H33N/c1-3-5-6-7-9-17-10-11-19-15-20(13-12-18(19)14-17)21(16-22)8-4-2/h5-6,12-13,15,17,21H,3-4,7-11,14,16,22H2,1-2H3/b6-5-. The van der Waals surface area contributed by atoms with Crippen LogP contribution >= 0.6 is 0 Å². The summed E-state index contributed by atoms with van der Waals surface area (Å²) >= 11 is 0. The van der Waals surface area contributed by atoms with Crippen LogP contribution in [0.3, 0.4) is 0 Å². The van der Waals surface area contributed by atoms with Gasteiger partial charge in [-0.3, -0.25) is 0 Å². The summed E-state index contributed by atoms with van der Waals surface area (Å²) < 4.78 is 0. The van der Waals surface area contributed by atoms with Gasteiger partial charge in [-0.25, -0.2) is 0 Å². The van der Waals surface area contributed by atoms with Crippen molar-refractivity contribution in [1.82, 2.24) is 0 Å². The Hall–Kier alpha value is -1.08. The first-order valence-electron chi connectivity index (χ1n) is 9.25. The molecule has 0 saturated carbocycles. The molecule has 0 aromatic heterocycles. The SMILES string of the molecule is CC/C=C\CCC1CCc2cc(C(CN)CCC)ccc2C1. The van der Waals surface area contributed by atoms with Crippen LogP contribution in [0.4, 0.5) is 0 Å². The molecule has 0 saturated heterocycles. The van der Waals surface area contributed by atoms with Crippen molar-refractivity contribution in [2.45, 2.75) is 71.1 Å². The Labute approximate surface area is 137 Å². The van der Waals surface area contributed by atoms with E-state index in [-0.39, 0.29) is 0 Å². The molecular weight excluding hydrogens is 266 g/mol. The first-order valence-corrected chi connectivity index (χ1v) is 9.25. The van der Waals surface area contributed by atoms with Crippen LogP contribution in [-0.2, 0) is 12.8 Å². The highest BCUT2D eigenvalue weighted by Gasteiger charge is 2.19. The maximum Gasteiger partial charge on any atom is -0.000824 e. The van der Waals surface area contributed by atoms with E-state index in [0.29, 0.717) is 5.92 Å². The predicted molar refractivity (Wildman–Crippen MR) is 97.3 cm³/mol. The zero-order valence-corrected chi connectivity index (χ0v) is 14.5. The summed E-state index contributed by atoms with van der Waals surface area (Å²) in [7, 11) is 0. The summed E-state index contributed by atoms with van der Waals surface area (Å²) in [6.07, 6.45) is 14.7. The zero-order chi connectivity index (χ0) is 15.8. The number of rotatable bonds is 8. The van der Waals surface area contributed by atoms with Gasteiger partial charge in [0, 0.05) is 0 Å². The second-order valence-electron chi connectivity index (χ2n) is 6.82. The van der Waals surface area contributed by atoms with Crippen molar-refractivity contribution in [3.8, 4) is 0 Å². The summed E-state index contributed by atoms with van der Waals surface area (Å²) in [6.45, 7) is 5.23. The third-order valence-electron chi connectivity index (χ3n) is 5.10. The van der Waals surface area contributed by atoms with Crippen LogP contribution in [0.1, 0.15) is 75.0 Å². The molecular formula is C21H33N. The number of aryl methyl sites for hydroxylation is 1. The molecule has 1 aromatic rings. The van der Waals surface area contributed by atoms with Gasteiger partial charge in [0.25, 0.3) is 0 Å². The molecule has 0 bridgehead atoms. The third kappa shape index (κ3) is 4.71. The molecule has 22 heavy (non-hydrogen) atoms. The molecule has 0 aliphatic heterocycles. The normalized spacial score (nSPS) is 19.3. The van der Waals surface area contributed by atoms with E-state index in [1.54, 1.807) is 11.1 Å². The highest BCUT2D eigenvalue weighted by atomic mass is 14.5. The number of benzene rings is 1. The molecule has 0 heterocycles. The second-order valence-corrected chi connectivity index (χ2v) is 6.82. The molecule has 2 N–H and O–H groups in total. The molecule has 0 amide bonds. The van der Waals surface area contributed by atoms with Gasteiger partial charge in [-0.2, -0.15) is 0 Å². The van der Waals surface area contributed by atoms with Crippen LogP contribution < -0.4 is 5.73 Å². The Morgan fingerprint density at radius 1 is 1.23 bits per heavy atom. The van der Waals surface area contributed by atoms with Gasteiger partial charge >= 0.3 is 0 Å². The van der Waals surface area contributed by atoms with E-state index >= 15 is 0 Å². The Balaban J connectivity index is 1.97. The zero-order valence-electron chi connectivity index (χ0n) is 14.5. The smallest absolute Gasteiger partial charge is 0.000824 e. The molecule has 2 rings (SSSR count). The summed E-state index contributed by atoms with van der Waals surface area (Å²) in [5.74, 6) is 1.42. The quantitative estimate of drug-likeness (QED) is 0.641. The van der Waals surface area contributed by atoms with E-state index in [0.717, 1.165) is 18.9 Å². The van der Waals surface area contributed by atoms with Crippen molar-refractivity contribution >= 4 is 0 Å². The minimum atomic E-state index is 0.548. The molecule has 1 aliphatic carbocycles. The van der Waals surface area contributed by atoms with Gasteiger partial charge in [0.2, 0.25) is 0 Å². The van der Waals surface area contributed by atoms with E-state index in [2.05, 4.69) is 44.2 Å². The molecule has 0 radical (unpaired) electrons. The molecule has 1 heteroatoms. The van der Waals surface area contributed by atoms with Crippen LogP contribution in [0.5, 0.6) is 0 Å². The Kier molecular flexibility index (Phi) is 7.18. The molecule has 0 spiro atoms. The molecule has 1 aromatic carbocycles. The first kappa shape index (κ1) is 17.3. The van der Waals surface area contributed by atoms with Crippen molar-refractivity contribution in [2.24, 2.45) is 11.7 Å². The van der Waals surface area contributed by atoms with Gasteiger partial charge in [-0.1, -0.05) is 50.6 Å². The maximum absolute atomic E-state index is 5.96. The topological polar surface area (TPSA) is 26.0 Å². The highest BCUT2D eigenvalue weighted by Crippen LogP contribution is 2.31. The largest absolute Gasteiger partial charge is 0.330 e. The molecule has 1 aliphatic rings. The van der Waals surface area contributed by atoms with E-state index in [4.69, 9.17) is 5.73 Å². The van der Waals surface area contributed by atoms with Crippen molar-refractivity contribution in [2.75, 3.05) is 6.54 Å². The number of hydrogen-bond acceptors (Lipinski definition) is 1. The van der Waals surface area contributed by atoms with Gasteiger partial charge in [0.15, 0.2) is 0 Å². The number of fused-ring (bicyclic) bond motifs is 1. The predicted octanol–water partition coefficient (Wildman–Crippen LogP) is 5.38. The maximum atomic E-state index is 5.96. The van der Waals surface area contributed by atoms with Crippen molar-refractivity contribution in [3.05, 3.63) is 47.0 Å². The Bertz CT molecular complexity index is 475. The lowest BCUT2D eigenvalue weighted by atomic mass is 9.80. The number of hydrogen-bond donors (Lipinski definition) is 1. The summed E-state index contributed by atoms with van der Waals surface area (Å²) in [6, 6.07) is 7.18. The van der Waals surface area contributed by atoms with E-state index in [1.807, 2.05) is 0 Å². The fraction of sp³-hybridized carbons (Fsp3) is 0.619. The number of nitrogens with two attached hydrogens (primary N) is 1. The minimum Gasteiger partial charge on any atom is -0.330 e. The second kappa shape index (κ2) is 9.15. The molecule has 122 valence electrons. The summed E-state index contributed by atoms with van der Waals surface area (Å²) in [4.78, 5) is 0. The van der Waals surface area contributed by atoms with Crippen LogP contribution in [0.2, 0.25) is 0 Å². The molecule has 2 atom stereocenters. The fourth-order valence-electron chi connectivity index (χ4n) is 3.74. The Morgan fingerprint density at radius 2 is 2.09 bits per heavy atom. The average molecular weight is 300 g/mol. The average Bonchev–Trinajstić information content (AvgIpc) is 2.56. The minimum absolute atomic E-state index is 0.548. The van der Waals surface area contributed by atoms with Crippen LogP contribution in [0.25, 0.3) is 0 Å². The van der Waals surface area contributed by atoms with Crippen molar-refractivity contribution < 1.29 is 0 Å². The highest BCUT2D eigenvalue weighted by molar-refractivity contribution is 5.36. The lowest BCUT2D eigenvalue weighted by Gasteiger charge is -2.26. The number of allylic oxidation sites excluding steroid dienone is 2. The fourth-order valence-corrected chi connectivity index (χ4v) is 3.74. The first-order chi connectivity index (χ1) is 10.8. The third-order valence-corrected chi connectivity index (χ3v) is 5.10. The summed E-state index contributed by atoms with van der Waals surface area (Å²) in [5, 5.41) is 0. The van der Waals surface area contributed by atoms with Crippen molar-refractivity contribution in [3.63, 3.8) is 0 Å². The van der Waals surface area contributed by atoms with Gasteiger partial charge in [-0.15, -0.1) is 0 Å². The van der Waals surface area contributed by atoms with E-state index in [9.17, 15) is 0 Å². The van der Waals surface area contributed by atoms with Crippen molar-refractivity contribution in [1.29, 1.82) is 0 Å². The van der Waals surface area contributed by atoms with Gasteiger partial charge < -0.3 is 5.73 Å². The lowest BCUT2D eigenvalue weighted by Crippen LogP contribution is -2.16. The summed E-state index contributed by atoms with van der Waals surface area (Å²) in [5.41, 5.74) is 10.6. The molecule has 1 nitrogen and oxygen atoms in total. The van der Waals surface area contributed by atoms with Crippen LogP contribution in [-0.4, -0.2) is 6.54 Å². The molecule has 2 unspecified atom stereocenters. The monoisotopic (exact) mass is 299 g/mol. The van der Waals surface area contributed by atoms with Gasteiger partial charge in [0.1, 0.15) is 0 Å². The Morgan fingerprint density at radius 3 is 2.82 bits per heavy atom. The van der Waals surface area contributed by atoms with Gasteiger partial charge in [-0.05, 0) is 80.0 Å².